The Hall–Kier alpha value is -3.75. The van der Waals surface area contributed by atoms with E-state index in [9.17, 15) is 9.59 Å². The number of nitrogens with zero attached hydrogens (tertiary/aromatic N) is 5. The SMILES string of the molecule is Cc1cc(C)n(-c2ccc(C(=O)Nc3ccc(N4CCCC(C(N)=O)C4)nc3)cn2)n1. The van der Waals surface area contributed by atoms with Crippen molar-refractivity contribution in [3.05, 3.63) is 59.7 Å². The van der Waals surface area contributed by atoms with Gasteiger partial charge in [0, 0.05) is 25.0 Å². The highest BCUT2D eigenvalue weighted by molar-refractivity contribution is 6.04. The smallest absolute Gasteiger partial charge is 0.257 e. The molecule has 9 nitrogen and oxygen atoms in total. The quantitative estimate of drug-likeness (QED) is 0.655. The van der Waals surface area contributed by atoms with Crippen LogP contribution in [0.1, 0.15) is 34.6 Å². The Labute approximate surface area is 180 Å². The normalized spacial score (nSPS) is 16.2. The van der Waals surface area contributed by atoms with Crippen molar-refractivity contribution >= 4 is 23.3 Å². The largest absolute Gasteiger partial charge is 0.369 e. The zero-order chi connectivity index (χ0) is 22.0. The van der Waals surface area contributed by atoms with Crippen LogP contribution in [0.15, 0.2) is 42.7 Å². The van der Waals surface area contributed by atoms with E-state index in [-0.39, 0.29) is 17.7 Å². The van der Waals surface area contributed by atoms with Gasteiger partial charge in [0.05, 0.1) is 29.1 Å². The van der Waals surface area contributed by atoms with Crippen molar-refractivity contribution in [3.63, 3.8) is 0 Å². The van der Waals surface area contributed by atoms with Gasteiger partial charge < -0.3 is 16.0 Å². The third-order valence-corrected chi connectivity index (χ3v) is 5.39. The highest BCUT2D eigenvalue weighted by Crippen LogP contribution is 2.22. The molecule has 31 heavy (non-hydrogen) atoms. The fraction of sp³-hybridized carbons (Fsp3) is 0.318. The van der Waals surface area contributed by atoms with Crippen LogP contribution in [0.4, 0.5) is 11.5 Å². The molecule has 2 amide bonds. The molecule has 9 heteroatoms. The first-order valence-corrected chi connectivity index (χ1v) is 10.2. The Bertz CT molecular complexity index is 1090. The molecule has 0 radical (unpaired) electrons. The van der Waals surface area contributed by atoms with Gasteiger partial charge in [0.2, 0.25) is 5.91 Å². The summed E-state index contributed by atoms with van der Waals surface area (Å²) < 4.78 is 1.74. The van der Waals surface area contributed by atoms with Crippen molar-refractivity contribution in [2.45, 2.75) is 26.7 Å². The standard InChI is InChI=1S/C22H25N7O2/c1-14-10-15(2)29(27-14)20-7-5-16(11-24-20)22(31)26-18-6-8-19(25-12-18)28-9-3-4-17(13-28)21(23)30/h5-8,10-12,17H,3-4,9,13H2,1-2H3,(H2,23,30)(H,26,31). The molecule has 160 valence electrons. The molecule has 4 heterocycles. The lowest BCUT2D eigenvalue weighted by Gasteiger charge is -2.32. The van der Waals surface area contributed by atoms with Crippen LogP contribution in [0, 0.1) is 19.8 Å². The lowest BCUT2D eigenvalue weighted by molar-refractivity contribution is -0.122. The monoisotopic (exact) mass is 419 g/mol. The highest BCUT2D eigenvalue weighted by atomic mass is 16.2. The van der Waals surface area contributed by atoms with E-state index in [1.165, 1.54) is 6.20 Å². The molecule has 3 aromatic rings. The number of nitrogens with one attached hydrogen (secondary N) is 1. The van der Waals surface area contributed by atoms with Gasteiger partial charge in [-0.15, -0.1) is 0 Å². The van der Waals surface area contributed by atoms with E-state index >= 15 is 0 Å². The summed E-state index contributed by atoms with van der Waals surface area (Å²) >= 11 is 0. The Kier molecular flexibility index (Phi) is 5.66. The first-order valence-electron chi connectivity index (χ1n) is 10.2. The third kappa shape index (κ3) is 4.55. The fourth-order valence-electron chi connectivity index (χ4n) is 3.77. The summed E-state index contributed by atoms with van der Waals surface area (Å²) in [6.07, 6.45) is 4.85. The molecule has 0 aliphatic carbocycles. The number of hydrogen-bond donors (Lipinski definition) is 2. The van der Waals surface area contributed by atoms with Gasteiger partial charge in [0.25, 0.3) is 5.91 Å². The van der Waals surface area contributed by atoms with Crippen LogP contribution in [0.25, 0.3) is 5.82 Å². The molecule has 1 fully saturated rings. The summed E-state index contributed by atoms with van der Waals surface area (Å²) in [5.74, 6) is 0.725. The molecule has 3 aromatic heterocycles. The number of primary amides is 1. The molecular formula is C22H25N7O2. The van der Waals surface area contributed by atoms with Crippen LogP contribution < -0.4 is 16.0 Å². The average molecular weight is 419 g/mol. The molecule has 0 saturated carbocycles. The minimum Gasteiger partial charge on any atom is -0.369 e. The molecule has 0 bridgehead atoms. The van der Waals surface area contributed by atoms with E-state index < -0.39 is 0 Å². The second-order valence-corrected chi connectivity index (χ2v) is 7.79. The molecule has 0 spiro atoms. The van der Waals surface area contributed by atoms with Gasteiger partial charge in [-0.1, -0.05) is 0 Å². The number of carbonyl (C=O) groups excluding carboxylic acids is 2. The predicted octanol–water partition coefficient (Wildman–Crippen LogP) is 2.23. The van der Waals surface area contributed by atoms with E-state index in [1.54, 1.807) is 29.1 Å². The maximum absolute atomic E-state index is 12.6. The minimum absolute atomic E-state index is 0.153. The molecule has 1 aliphatic heterocycles. The van der Waals surface area contributed by atoms with Gasteiger partial charge in [-0.25, -0.2) is 14.6 Å². The second-order valence-electron chi connectivity index (χ2n) is 7.79. The van der Waals surface area contributed by atoms with E-state index in [0.717, 1.165) is 36.6 Å². The summed E-state index contributed by atoms with van der Waals surface area (Å²) in [6.45, 7) is 5.28. The van der Waals surface area contributed by atoms with Gasteiger partial charge in [-0.3, -0.25) is 9.59 Å². The van der Waals surface area contributed by atoms with Crippen molar-refractivity contribution in [1.29, 1.82) is 0 Å². The first kappa shape index (κ1) is 20.5. The summed E-state index contributed by atoms with van der Waals surface area (Å²) in [7, 11) is 0. The Balaban J connectivity index is 1.40. The van der Waals surface area contributed by atoms with Crippen LogP contribution >= 0.6 is 0 Å². The Morgan fingerprint density at radius 1 is 1.10 bits per heavy atom. The van der Waals surface area contributed by atoms with E-state index in [1.807, 2.05) is 30.9 Å². The lowest BCUT2D eigenvalue weighted by atomic mass is 9.97. The minimum atomic E-state index is -0.272. The number of carbonyl (C=O) groups is 2. The average Bonchev–Trinajstić information content (AvgIpc) is 3.12. The van der Waals surface area contributed by atoms with Gasteiger partial charge >= 0.3 is 0 Å². The first-order chi connectivity index (χ1) is 14.9. The maximum atomic E-state index is 12.6. The number of amides is 2. The summed E-state index contributed by atoms with van der Waals surface area (Å²) in [5, 5.41) is 7.23. The van der Waals surface area contributed by atoms with Gasteiger partial charge in [0.1, 0.15) is 5.82 Å². The van der Waals surface area contributed by atoms with Crippen molar-refractivity contribution in [2.75, 3.05) is 23.3 Å². The molecule has 4 rings (SSSR count). The molecule has 3 N–H and O–H groups in total. The number of anilines is 2. The van der Waals surface area contributed by atoms with Crippen molar-refractivity contribution in [3.8, 4) is 5.82 Å². The molecule has 0 aromatic carbocycles. The van der Waals surface area contributed by atoms with Crippen LogP contribution in [0.3, 0.4) is 0 Å². The summed E-state index contributed by atoms with van der Waals surface area (Å²) in [4.78, 5) is 34.9. The third-order valence-electron chi connectivity index (χ3n) is 5.39. The maximum Gasteiger partial charge on any atom is 0.257 e. The number of aryl methyl sites for hydroxylation is 2. The Morgan fingerprint density at radius 3 is 2.48 bits per heavy atom. The number of hydrogen-bond acceptors (Lipinski definition) is 6. The Morgan fingerprint density at radius 2 is 1.87 bits per heavy atom. The van der Waals surface area contributed by atoms with Crippen LogP contribution in [-0.2, 0) is 4.79 Å². The van der Waals surface area contributed by atoms with Crippen LogP contribution in [-0.4, -0.2) is 44.7 Å². The van der Waals surface area contributed by atoms with Crippen molar-refractivity contribution in [2.24, 2.45) is 11.7 Å². The van der Waals surface area contributed by atoms with Crippen LogP contribution in [0.2, 0.25) is 0 Å². The van der Waals surface area contributed by atoms with E-state index in [4.69, 9.17) is 5.73 Å². The fourth-order valence-corrected chi connectivity index (χ4v) is 3.77. The second kappa shape index (κ2) is 8.55. The zero-order valence-electron chi connectivity index (χ0n) is 17.6. The van der Waals surface area contributed by atoms with Gasteiger partial charge in [-0.05, 0) is 57.0 Å². The lowest BCUT2D eigenvalue weighted by Crippen LogP contribution is -2.41. The number of piperidine rings is 1. The topological polar surface area (TPSA) is 119 Å². The van der Waals surface area contributed by atoms with Crippen molar-refractivity contribution in [1.82, 2.24) is 19.7 Å². The molecule has 1 atom stereocenters. The number of pyridine rings is 2. The molecule has 1 unspecified atom stereocenters. The van der Waals surface area contributed by atoms with Crippen LogP contribution in [0.5, 0.6) is 0 Å². The zero-order valence-corrected chi connectivity index (χ0v) is 17.6. The summed E-state index contributed by atoms with van der Waals surface area (Å²) in [5.41, 5.74) is 8.36. The number of nitrogens with two attached hydrogens (primary N) is 1. The van der Waals surface area contributed by atoms with Gasteiger partial charge in [-0.2, -0.15) is 5.10 Å². The molecule has 1 aliphatic rings. The predicted molar refractivity (Wildman–Crippen MR) is 117 cm³/mol. The molecule has 1 saturated heterocycles. The van der Waals surface area contributed by atoms with Crippen molar-refractivity contribution < 1.29 is 9.59 Å². The number of rotatable bonds is 5. The van der Waals surface area contributed by atoms with E-state index in [2.05, 4.69) is 20.4 Å². The van der Waals surface area contributed by atoms with Gasteiger partial charge in [0.15, 0.2) is 5.82 Å². The highest BCUT2D eigenvalue weighted by Gasteiger charge is 2.24. The molecular weight excluding hydrogens is 394 g/mol. The van der Waals surface area contributed by atoms with E-state index in [0.29, 0.717) is 23.6 Å². The summed E-state index contributed by atoms with van der Waals surface area (Å²) in [6, 6.07) is 9.08. The number of aromatic nitrogens is 4.